The van der Waals surface area contributed by atoms with Gasteiger partial charge in [0, 0.05) is 18.1 Å². The second kappa shape index (κ2) is 5.63. The first kappa shape index (κ1) is 13.2. The lowest BCUT2D eigenvalue weighted by Crippen LogP contribution is -2.29. The highest BCUT2D eigenvalue weighted by molar-refractivity contribution is 6.35. The van der Waals surface area contributed by atoms with Gasteiger partial charge in [0.1, 0.15) is 6.10 Å². The molecule has 2 aromatic rings. The molecule has 0 aliphatic heterocycles. The van der Waals surface area contributed by atoms with Crippen molar-refractivity contribution in [2.45, 2.75) is 12.2 Å². The fourth-order valence-electron chi connectivity index (χ4n) is 1.86. The first-order valence-electron chi connectivity index (χ1n) is 5.68. The van der Waals surface area contributed by atoms with Gasteiger partial charge in [-0.1, -0.05) is 23.7 Å². The Morgan fingerprint density at radius 2 is 2.11 bits per heavy atom. The molecule has 0 radical (unpaired) electrons. The van der Waals surface area contributed by atoms with E-state index in [0.29, 0.717) is 22.6 Å². The Hall–Kier alpha value is -1.20. The average Bonchev–Trinajstić information content (AvgIpc) is 2.38. The largest absolute Gasteiger partial charge is 0.389 e. The SMILES string of the molecule is CNCC(O)C(O)c1ccc2c(Cl)ccnc2c1. The van der Waals surface area contributed by atoms with Crippen LogP contribution in [-0.4, -0.2) is 34.9 Å². The second-order valence-corrected chi connectivity index (χ2v) is 4.55. The van der Waals surface area contributed by atoms with E-state index in [4.69, 9.17) is 11.6 Å². The molecule has 0 fully saturated rings. The van der Waals surface area contributed by atoms with Gasteiger partial charge in [-0.25, -0.2) is 0 Å². The zero-order valence-electron chi connectivity index (χ0n) is 9.97. The summed E-state index contributed by atoms with van der Waals surface area (Å²) < 4.78 is 0. The average molecular weight is 267 g/mol. The highest BCUT2D eigenvalue weighted by Crippen LogP contribution is 2.25. The highest BCUT2D eigenvalue weighted by atomic mass is 35.5. The quantitative estimate of drug-likeness (QED) is 0.785. The van der Waals surface area contributed by atoms with Gasteiger partial charge in [0.25, 0.3) is 0 Å². The molecule has 0 bridgehead atoms. The minimum absolute atomic E-state index is 0.322. The van der Waals surface area contributed by atoms with E-state index in [9.17, 15) is 10.2 Å². The van der Waals surface area contributed by atoms with E-state index < -0.39 is 12.2 Å². The molecule has 1 aromatic heterocycles. The first-order valence-corrected chi connectivity index (χ1v) is 6.06. The van der Waals surface area contributed by atoms with Crippen molar-refractivity contribution in [3.8, 4) is 0 Å². The van der Waals surface area contributed by atoms with Crippen molar-refractivity contribution < 1.29 is 10.2 Å². The summed E-state index contributed by atoms with van der Waals surface area (Å²) in [4.78, 5) is 4.20. The number of nitrogens with zero attached hydrogens (tertiary/aromatic N) is 1. The van der Waals surface area contributed by atoms with Gasteiger partial charge in [-0.15, -0.1) is 0 Å². The molecular formula is C13H15ClN2O2. The Morgan fingerprint density at radius 1 is 1.33 bits per heavy atom. The van der Waals surface area contributed by atoms with Crippen LogP contribution in [0.5, 0.6) is 0 Å². The number of aliphatic hydroxyl groups is 2. The molecule has 1 aromatic carbocycles. The lowest BCUT2D eigenvalue weighted by Gasteiger charge is -2.18. The molecule has 2 rings (SSSR count). The third kappa shape index (κ3) is 2.62. The van der Waals surface area contributed by atoms with Crippen molar-refractivity contribution in [1.29, 1.82) is 0 Å². The number of likely N-dealkylation sites (N-methyl/N-ethyl adjacent to an activating group) is 1. The molecule has 2 atom stereocenters. The number of benzene rings is 1. The van der Waals surface area contributed by atoms with Crippen LogP contribution in [0.3, 0.4) is 0 Å². The fourth-order valence-corrected chi connectivity index (χ4v) is 2.07. The van der Waals surface area contributed by atoms with Crippen molar-refractivity contribution in [2.75, 3.05) is 13.6 Å². The van der Waals surface area contributed by atoms with Crippen LogP contribution in [0.1, 0.15) is 11.7 Å². The molecule has 0 saturated heterocycles. The first-order chi connectivity index (χ1) is 8.63. The Bertz CT molecular complexity index is 548. The lowest BCUT2D eigenvalue weighted by molar-refractivity contribution is 0.0203. The van der Waals surface area contributed by atoms with Crippen LogP contribution < -0.4 is 5.32 Å². The normalized spacial score (nSPS) is 14.7. The molecule has 0 amide bonds. The summed E-state index contributed by atoms with van der Waals surface area (Å²) in [5.41, 5.74) is 1.33. The minimum atomic E-state index is -0.942. The lowest BCUT2D eigenvalue weighted by atomic mass is 10.0. The smallest absolute Gasteiger partial charge is 0.106 e. The predicted molar refractivity (Wildman–Crippen MR) is 71.6 cm³/mol. The molecule has 0 aliphatic carbocycles. The highest BCUT2D eigenvalue weighted by Gasteiger charge is 2.18. The van der Waals surface area contributed by atoms with Crippen molar-refractivity contribution in [1.82, 2.24) is 10.3 Å². The van der Waals surface area contributed by atoms with Gasteiger partial charge < -0.3 is 15.5 Å². The van der Waals surface area contributed by atoms with Crippen LogP contribution in [0.15, 0.2) is 30.5 Å². The van der Waals surface area contributed by atoms with Crippen molar-refractivity contribution >= 4 is 22.5 Å². The Labute approximate surface area is 110 Å². The Kier molecular flexibility index (Phi) is 4.14. The van der Waals surface area contributed by atoms with Gasteiger partial charge in [0.15, 0.2) is 0 Å². The van der Waals surface area contributed by atoms with E-state index in [1.165, 1.54) is 0 Å². The third-order valence-corrected chi connectivity index (χ3v) is 3.16. The molecule has 1 heterocycles. The number of aliphatic hydroxyl groups excluding tert-OH is 2. The van der Waals surface area contributed by atoms with Crippen molar-refractivity contribution in [2.24, 2.45) is 0 Å². The van der Waals surface area contributed by atoms with Gasteiger partial charge in [-0.05, 0) is 24.7 Å². The maximum atomic E-state index is 10.00. The van der Waals surface area contributed by atoms with E-state index >= 15 is 0 Å². The molecule has 0 aliphatic rings. The monoisotopic (exact) mass is 266 g/mol. The molecule has 18 heavy (non-hydrogen) atoms. The number of halogens is 1. The number of nitrogens with one attached hydrogen (secondary N) is 1. The van der Waals surface area contributed by atoms with Crippen molar-refractivity contribution in [3.63, 3.8) is 0 Å². The summed E-state index contributed by atoms with van der Waals surface area (Å²) in [7, 11) is 1.72. The predicted octanol–water partition coefficient (Wildman–Crippen LogP) is 1.50. The fraction of sp³-hybridized carbons (Fsp3) is 0.308. The number of hydrogen-bond donors (Lipinski definition) is 3. The zero-order valence-corrected chi connectivity index (χ0v) is 10.7. The van der Waals surface area contributed by atoms with Crippen LogP contribution in [0.25, 0.3) is 10.9 Å². The Morgan fingerprint density at radius 3 is 2.83 bits per heavy atom. The number of rotatable bonds is 4. The van der Waals surface area contributed by atoms with E-state index in [2.05, 4.69) is 10.3 Å². The van der Waals surface area contributed by atoms with Crippen molar-refractivity contribution in [3.05, 3.63) is 41.0 Å². The summed E-state index contributed by atoms with van der Waals surface area (Å²) in [5, 5.41) is 24.0. The number of pyridine rings is 1. The molecule has 96 valence electrons. The van der Waals surface area contributed by atoms with Gasteiger partial charge >= 0.3 is 0 Å². The van der Waals surface area contributed by atoms with Gasteiger partial charge in [-0.3, -0.25) is 4.98 Å². The molecule has 0 spiro atoms. The topological polar surface area (TPSA) is 65.4 Å². The number of hydrogen-bond acceptors (Lipinski definition) is 4. The summed E-state index contributed by atoms with van der Waals surface area (Å²) >= 11 is 6.04. The van der Waals surface area contributed by atoms with Gasteiger partial charge in [0.05, 0.1) is 16.6 Å². The summed E-state index contributed by atoms with van der Waals surface area (Å²) in [6, 6.07) is 7.01. The van der Waals surface area contributed by atoms with E-state index in [1.807, 2.05) is 0 Å². The zero-order chi connectivity index (χ0) is 13.1. The molecule has 4 nitrogen and oxygen atoms in total. The number of aromatic nitrogens is 1. The molecule has 0 saturated carbocycles. The van der Waals surface area contributed by atoms with Crippen LogP contribution in [0.2, 0.25) is 5.02 Å². The van der Waals surface area contributed by atoms with Crippen LogP contribution in [0.4, 0.5) is 0 Å². The number of fused-ring (bicyclic) bond motifs is 1. The molecule has 2 unspecified atom stereocenters. The Balaban J connectivity index is 2.35. The van der Waals surface area contributed by atoms with E-state index in [1.54, 1.807) is 37.5 Å². The summed E-state index contributed by atoms with van der Waals surface area (Å²) in [5.74, 6) is 0. The molecule has 5 heteroatoms. The summed E-state index contributed by atoms with van der Waals surface area (Å²) in [6.07, 6.45) is -0.181. The van der Waals surface area contributed by atoms with Gasteiger partial charge in [0.2, 0.25) is 0 Å². The molecule has 3 N–H and O–H groups in total. The molecular weight excluding hydrogens is 252 g/mol. The standard InChI is InChI=1S/C13H15ClN2O2/c1-15-7-12(17)13(18)8-2-3-9-10(14)4-5-16-11(9)6-8/h2-6,12-13,15,17-18H,7H2,1H3. The van der Waals surface area contributed by atoms with E-state index in [-0.39, 0.29) is 0 Å². The second-order valence-electron chi connectivity index (χ2n) is 4.14. The maximum Gasteiger partial charge on any atom is 0.106 e. The van der Waals surface area contributed by atoms with Crippen LogP contribution >= 0.6 is 11.6 Å². The maximum absolute atomic E-state index is 10.00. The minimum Gasteiger partial charge on any atom is -0.389 e. The van der Waals surface area contributed by atoms with Crippen LogP contribution in [-0.2, 0) is 0 Å². The van der Waals surface area contributed by atoms with Gasteiger partial charge in [-0.2, -0.15) is 0 Å². The summed E-state index contributed by atoms with van der Waals surface area (Å²) in [6.45, 7) is 0.322. The van der Waals surface area contributed by atoms with Crippen LogP contribution in [0, 0.1) is 0 Å². The van der Waals surface area contributed by atoms with E-state index in [0.717, 1.165) is 5.39 Å². The third-order valence-electron chi connectivity index (χ3n) is 2.83.